The van der Waals surface area contributed by atoms with E-state index in [4.69, 9.17) is 23.2 Å². The fraction of sp³-hybridized carbons (Fsp3) is 0.333. The molecule has 1 heterocycles. The molecule has 1 saturated heterocycles. The third-order valence-electron chi connectivity index (χ3n) is 2.81. The van der Waals surface area contributed by atoms with E-state index in [9.17, 15) is 9.59 Å². The predicted octanol–water partition coefficient (Wildman–Crippen LogP) is 2.23. The molecule has 1 unspecified atom stereocenters. The molecular weight excluding hydrogens is 275 g/mol. The molecule has 0 radical (unpaired) electrons. The molecule has 2 rings (SSSR count). The SMILES string of the molecule is CCC1NC(=O)CN(c2ccc(Cl)cc2Cl)C1=O. The monoisotopic (exact) mass is 286 g/mol. The van der Waals surface area contributed by atoms with Gasteiger partial charge in [0.25, 0.3) is 0 Å². The first-order valence-electron chi connectivity index (χ1n) is 5.58. The minimum absolute atomic E-state index is 0.0172. The van der Waals surface area contributed by atoms with Crippen LogP contribution in [0, 0.1) is 0 Å². The van der Waals surface area contributed by atoms with Gasteiger partial charge in [-0.05, 0) is 24.6 Å². The van der Waals surface area contributed by atoms with E-state index >= 15 is 0 Å². The second kappa shape index (κ2) is 5.16. The van der Waals surface area contributed by atoms with Crippen molar-refractivity contribution in [2.75, 3.05) is 11.4 Å². The molecule has 1 aliphatic rings. The van der Waals surface area contributed by atoms with Crippen LogP contribution < -0.4 is 10.2 Å². The van der Waals surface area contributed by atoms with Gasteiger partial charge in [0.15, 0.2) is 0 Å². The molecule has 4 nitrogen and oxygen atoms in total. The van der Waals surface area contributed by atoms with Crippen molar-refractivity contribution >= 4 is 40.7 Å². The summed E-state index contributed by atoms with van der Waals surface area (Å²) in [5.74, 6) is -0.339. The van der Waals surface area contributed by atoms with Crippen molar-refractivity contribution in [1.82, 2.24) is 5.32 Å². The molecule has 6 heteroatoms. The van der Waals surface area contributed by atoms with Crippen LogP contribution in [0.1, 0.15) is 13.3 Å². The van der Waals surface area contributed by atoms with Gasteiger partial charge in [0, 0.05) is 5.02 Å². The summed E-state index contributed by atoms with van der Waals surface area (Å²) in [4.78, 5) is 25.1. The maximum absolute atomic E-state index is 12.2. The number of carbonyl (C=O) groups excluding carboxylic acids is 2. The number of piperazine rings is 1. The Morgan fingerprint density at radius 3 is 2.72 bits per heavy atom. The Balaban J connectivity index is 2.36. The summed E-state index contributed by atoms with van der Waals surface area (Å²) in [6, 6.07) is 4.36. The van der Waals surface area contributed by atoms with Crippen LogP contribution in [0.5, 0.6) is 0 Å². The van der Waals surface area contributed by atoms with E-state index in [1.807, 2.05) is 6.92 Å². The first-order chi connectivity index (χ1) is 8.52. The number of hydrogen-bond donors (Lipinski definition) is 1. The van der Waals surface area contributed by atoms with Gasteiger partial charge in [0.2, 0.25) is 11.8 Å². The fourth-order valence-corrected chi connectivity index (χ4v) is 2.40. The molecule has 2 amide bonds. The van der Waals surface area contributed by atoms with Gasteiger partial charge in [-0.15, -0.1) is 0 Å². The molecular formula is C12H12Cl2N2O2. The number of halogens is 2. The Labute approximate surface area is 115 Å². The van der Waals surface area contributed by atoms with Gasteiger partial charge in [-0.3, -0.25) is 14.5 Å². The molecule has 18 heavy (non-hydrogen) atoms. The maximum atomic E-state index is 12.2. The zero-order valence-electron chi connectivity index (χ0n) is 9.74. The molecule has 1 aliphatic heterocycles. The molecule has 1 atom stereocenters. The number of anilines is 1. The molecule has 0 spiro atoms. The van der Waals surface area contributed by atoms with E-state index in [0.29, 0.717) is 22.2 Å². The van der Waals surface area contributed by atoms with Crippen LogP contribution in [0.4, 0.5) is 5.69 Å². The molecule has 1 N–H and O–H groups in total. The number of nitrogens with one attached hydrogen (secondary N) is 1. The van der Waals surface area contributed by atoms with Crippen molar-refractivity contribution in [1.29, 1.82) is 0 Å². The lowest BCUT2D eigenvalue weighted by Crippen LogP contribution is -2.58. The van der Waals surface area contributed by atoms with E-state index in [0.717, 1.165) is 0 Å². The summed E-state index contributed by atoms with van der Waals surface area (Å²) < 4.78 is 0. The summed E-state index contributed by atoms with van der Waals surface area (Å²) in [5.41, 5.74) is 0.513. The number of carbonyl (C=O) groups is 2. The standard InChI is InChI=1S/C12H12Cl2N2O2/c1-2-9-12(18)16(6-11(17)15-9)10-4-3-7(13)5-8(10)14/h3-5,9H,2,6H2,1H3,(H,15,17). The normalized spacial score (nSPS) is 19.9. The maximum Gasteiger partial charge on any atom is 0.250 e. The van der Waals surface area contributed by atoms with E-state index in [1.54, 1.807) is 18.2 Å². The minimum Gasteiger partial charge on any atom is -0.343 e. The molecule has 96 valence electrons. The van der Waals surface area contributed by atoms with Gasteiger partial charge in [-0.25, -0.2) is 0 Å². The Morgan fingerprint density at radius 2 is 2.11 bits per heavy atom. The van der Waals surface area contributed by atoms with Crippen LogP contribution in [-0.4, -0.2) is 24.4 Å². The van der Waals surface area contributed by atoms with Gasteiger partial charge in [0.05, 0.1) is 10.7 Å². The van der Waals surface area contributed by atoms with Crippen LogP contribution in [-0.2, 0) is 9.59 Å². The van der Waals surface area contributed by atoms with Crippen molar-refractivity contribution in [3.8, 4) is 0 Å². The van der Waals surface area contributed by atoms with Crippen LogP contribution >= 0.6 is 23.2 Å². The molecule has 0 saturated carbocycles. The van der Waals surface area contributed by atoms with Crippen LogP contribution in [0.25, 0.3) is 0 Å². The second-order valence-electron chi connectivity index (χ2n) is 4.05. The van der Waals surface area contributed by atoms with Gasteiger partial charge in [0.1, 0.15) is 12.6 Å². The minimum atomic E-state index is -0.488. The van der Waals surface area contributed by atoms with Crippen LogP contribution in [0.3, 0.4) is 0 Å². The van der Waals surface area contributed by atoms with Gasteiger partial charge >= 0.3 is 0 Å². The highest BCUT2D eigenvalue weighted by atomic mass is 35.5. The molecule has 0 aliphatic carbocycles. The predicted molar refractivity (Wildman–Crippen MR) is 71.0 cm³/mol. The van der Waals surface area contributed by atoms with Crippen molar-refractivity contribution in [3.63, 3.8) is 0 Å². The highest BCUT2D eigenvalue weighted by Gasteiger charge is 2.33. The number of hydrogen-bond acceptors (Lipinski definition) is 2. The Bertz CT molecular complexity index is 505. The molecule has 0 bridgehead atoms. The smallest absolute Gasteiger partial charge is 0.250 e. The van der Waals surface area contributed by atoms with Gasteiger partial charge in [-0.1, -0.05) is 30.1 Å². The third kappa shape index (κ3) is 2.44. The molecule has 1 fully saturated rings. The number of amides is 2. The highest BCUT2D eigenvalue weighted by Crippen LogP contribution is 2.30. The summed E-state index contributed by atoms with van der Waals surface area (Å²) in [6.45, 7) is 1.83. The van der Waals surface area contributed by atoms with Crippen molar-refractivity contribution in [3.05, 3.63) is 28.2 Å². The lowest BCUT2D eigenvalue weighted by Gasteiger charge is -2.32. The lowest BCUT2D eigenvalue weighted by molar-refractivity contribution is -0.131. The van der Waals surface area contributed by atoms with Crippen molar-refractivity contribution in [2.45, 2.75) is 19.4 Å². The summed E-state index contributed by atoms with van der Waals surface area (Å²) in [7, 11) is 0. The van der Waals surface area contributed by atoms with Gasteiger partial charge < -0.3 is 5.32 Å². The third-order valence-corrected chi connectivity index (χ3v) is 3.35. The number of rotatable bonds is 2. The largest absolute Gasteiger partial charge is 0.343 e. The van der Waals surface area contributed by atoms with Crippen LogP contribution in [0.2, 0.25) is 10.0 Å². The first kappa shape index (κ1) is 13.2. The second-order valence-corrected chi connectivity index (χ2v) is 4.89. The summed E-state index contributed by atoms with van der Waals surface area (Å²) in [5, 5.41) is 3.50. The van der Waals surface area contributed by atoms with Gasteiger partial charge in [-0.2, -0.15) is 0 Å². The van der Waals surface area contributed by atoms with Crippen molar-refractivity contribution < 1.29 is 9.59 Å². The van der Waals surface area contributed by atoms with Crippen molar-refractivity contribution in [2.24, 2.45) is 0 Å². The van der Waals surface area contributed by atoms with E-state index in [-0.39, 0.29) is 18.4 Å². The Morgan fingerprint density at radius 1 is 1.39 bits per heavy atom. The first-order valence-corrected chi connectivity index (χ1v) is 6.34. The zero-order chi connectivity index (χ0) is 13.3. The Hall–Kier alpha value is -1.26. The quantitative estimate of drug-likeness (QED) is 0.906. The van der Waals surface area contributed by atoms with E-state index in [1.165, 1.54) is 4.90 Å². The molecule has 1 aromatic carbocycles. The lowest BCUT2D eigenvalue weighted by atomic mass is 10.1. The average molecular weight is 287 g/mol. The number of benzene rings is 1. The van der Waals surface area contributed by atoms with E-state index in [2.05, 4.69) is 5.32 Å². The van der Waals surface area contributed by atoms with Crippen LogP contribution in [0.15, 0.2) is 18.2 Å². The summed E-state index contributed by atoms with van der Waals surface area (Å²) in [6.07, 6.45) is 0.548. The topological polar surface area (TPSA) is 49.4 Å². The molecule has 1 aromatic rings. The number of nitrogens with zero attached hydrogens (tertiary/aromatic N) is 1. The fourth-order valence-electron chi connectivity index (χ4n) is 1.89. The average Bonchev–Trinajstić information content (AvgIpc) is 2.32. The van der Waals surface area contributed by atoms with E-state index < -0.39 is 6.04 Å². The molecule has 0 aromatic heterocycles. The summed E-state index contributed by atoms with van der Waals surface area (Å²) >= 11 is 11.9. The Kier molecular flexibility index (Phi) is 3.78. The zero-order valence-corrected chi connectivity index (χ0v) is 11.3. The highest BCUT2D eigenvalue weighted by molar-refractivity contribution is 6.37.